The zero-order valence-corrected chi connectivity index (χ0v) is 10.9. The van der Waals surface area contributed by atoms with Gasteiger partial charge in [-0.05, 0) is 25.1 Å². The molecule has 0 radical (unpaired) electrons. The zero-order valence-electron chi connectivity index (χ0n) is 10.0. The molecule has 0 aromatic heterocycles. The minimum Gasteiger partial charge on any atom is -0.385 e. The first-order valence-electron chi connectivity index (χ1n) is 5.90. The van der Waals surface area contributed by atoms with Gasteiger partial charge in [-0.15, -0.1) is 0 Å². The van der Waals surface area contributed by atoms with Crippen molar-refractivity contribution in [1.82, 2.24) is 10.2 Å². The average Bonchev–Trinajstić information content (AvgIpc) is 2.57. The molecule has 0 spiro atoms. The number of carbonyl (C=O) groups is 1. The molecule has 1 saturated heterocycles. The highest BCUT2D eigenvalue weighted by Gasteiger charge is 2.14. The molecule has 1 N–H and O–H groups in total. The highest BCUT2D eigenvalue weighted by atomic mass is 32.2. The molecule has 5 heteroatoms. The van der Waals surface area contributed by atoms with Gasteiger partial charge in [0.2, 0.25) is 5.91 Å². The molecule has 0 unspecified atom stereocenters. The van der Waals surface area contributed by atoms with Gasteiger partial charge in [0.15, 0.2) is 0 Å². The molecule has 94 valence electrons. The number of hydrogen-bond donors (Lipinski definition) is 1. The molecule has 4 nitrogen and oxygen atoms in total. The minimum absolute atomic E-state index is 0.283. The number of hydrogen-bond acceptors (Lipinski definition) is 4. The molecule has 0 saturated carbocycles. The van der Waals surface area contributed by atoms with Crippen molar-refractivity contribution < 1.29 is 9.53 Å². The summed E-state index contributed by atoms with van der Waals surface area (Å²) in [5, 5.41) is 3.30. The van der Waals surface area contributed by atoms with E-state index in [9.17, 15) is 4.79 Å². The zero-order chi connectivity index (χ0) is 11.6. The van der Waals surface area contributed by atoms with Crippen LogP contribution in [-0.2, 0) is 9.53 Å². The van der Waals surface area contributed by atoms with Crippen LogP contribution in [-0.4, -0.2) is 62.2 Å². The number of nitrogens with one attached hydrogen (secondary N) is 1. The smallest absolute Gasteiger partial charge is 0.232 e. The Balaban J connectivity index is 2.08. The predicted molar refractivity (Wildman–Crippen MR) is 67.9 cm³/mol. The van der Waals surface area contributed by atoms with Crippen molar-refractivity contribution >= 4 is 17.7 Å². The maximum atomic E-state index is 11.8. The Morgan fingerprint density at radius 1 is 1.44 bits per heavy atom. The molecule has 1 rings (SSSR count). The van der Waals surface area contributed by atoms with E-state index in [0.717, 1.165) is 51.4 Å². The van der Waals surface area contributed by atoms with Crippen LogP contribution in [0.25, 0.3) is 0 Å². The van der Waals surface area contributed by atoms with Gasteiger partial charge in [0.25, 0.3) is 0 Å². The number of amides is 1. The summed E-state index contributed by atoms with van der Waals surface area (Å²) in [5.41, 5.74) is 0. The number of rotatable bonds is 6. The molecule has 16 heavy (non-hydrogen) atoms. The number of ether oxygens (including phenoxy) is 1. The normalized spacial score (nSPS) is 17.2. The summed E-state index contributed by atoms with van der Waals surface area (Å²) in [7, 11) is 1.71. The summed E-state index contributed by atoms with van der Waals surface area (Å²) in [4.78, 5) is 13.8. The Labute approximate surface area is 102 Å². The molecule has 0 atom stereocenters. The van der Waals surface area contributed by atoms with Crippen molar-refractivity contribution in [2.45, 2.75) is 12.8 Å². The van der Waals surface area contributed by atoms with Gasteiger partial charge in [0, 0.05) is 33.4 Å². The van der Waals surface area contributed by atoms with Crippen LogP contribution in [0.1, 0.15) is 12.8 Å². The number of carbonyl (C=O) groups excluding carboxylic acids is 1. The Morgan fingerprint density at radius 3 is 3.12 bits per heavy atom. The molecule has 1 aliphatic heterocycles. The van der Waals surface area contributed by atoms with Crippen LogP contribution in [0.3, 0.4) is 0 Å². The van der Waals surface area contributed by atoms with E-state index in [0.29, 0.717) is 5.75 Å². The summed E-state index contributed by atoms with van der Waals surface area (Å²) in [6, 6.07) is 0. The van der Waals surface area contributed by atoms with Crippen LogP contribution >= 0.6 is 11.8 Å². The summed E-state index contributed by atoms with van der Waals surface area (Å²) in [5.74, 6) is 1.90. The Hall–Kier alpha value is -0.260. The van der Waals surface area contributed by atoms with Crippen LogP contribution in [0.2, 0.25) is 0 Å². The molecule has 0 aromatic rings. The van der Waals surface area contributed by atoms with E-state index >= 15 is 0 Å². The molecule has 1 aliphatic rings. The summed E-state index contributed by atoms with van der Waals surface area (Å²) in [6.07, 6.45) is 2.09. The quantitative estimate of drug-likeness (QED) is 0.696. The van der Waals surface area contributed by atoms with Crippen LogP contribution in [0.5, 0.6) is 0 Å². The Kier molecular flexibility index (Phi) is 7.63. The van der Waals surface area contributed by atoms with Gasteiger partial charge in [-0.1, -0.05) is 0 Å². The van der Waals surface area contributed by atoms with Gasteiger partial charge in [-0.2, -0.15) is 11.8 Å². The Morgan fingerprint density at radius 2 is 2.31 bits per heavy atom. The van der Waals surface area contributed by atoms with Gasteiger partial charge in [0.1, 0.15) is 0 Å². The number of thioether (sulfide) groups is 1. The molecule has 1 heterocycles. The van der Waals surface area contributed by atoms with E-state index < -0.39 is 0 Å². The Bertz CT molecular complexity index is 194. The third-order valence-corrected chi connectivity index (χ3v) is 3.58. The standard InChI is InChI=1S/C11H22N2O2S/c1-15-8-3-9-16-10-11(14)13-6-2-4-12-5-7-13/h12H,2-10H2,1H3. The SMILES string of the molecule is COCCCSCC(=O)N1CCCNCC1. The second-order valence-corrected chi connectivity index (χ2v) is 4.99. The van der Waals surface area contributed by atoms with Crippen molar-refractivity contribution in [3.63, 3.8) is 0 Å². The van der Waals surface area contributed by atoms with Crippen molar-refractivity contribution in [2.24, 2.45) is 0 Å². The molecule has 1 fully saturated rings. The van der Waals surface area contributed by atoms with Crippen molar-refractivity contribution in [3.05, 3.63) is 0 Å². The lowest BCUT2D eigenvalue weighted by atomic mass is 10.4. The van der Waals surface area contributed by atoms with E-state index in [1.807, 2.05) is 4.90 Å². The molecule has 0 aromatic carbocycles. The second kappa shape index (κ2) is 8.84. The molecule has 1 amide bonds. The lowest BCUT2D eigenvalue weighted by Gasteiger charge is -2.19. The van der Waals surface area contributed by atoms with Crippen molar-refractivity contribution in [2.75, 3.05) is 51.4 Å². The molecular formula is C11H22N2O2S. The van der Waals surface area contributed by atoms with E-state index in [-0.39, 0.29) is 5.91 Å². The first-order chi connectivity index (χ1) is 7.84. The third kappa shape index (κ3) is 5.72. The van der Waals surface area contributed by atoms with Crippen LogP contribution in [0.4, 0.5) is 0 Å². The van der Waals surface area contributed by atoms with E-state index in [1.54, 1.807) is 18.9 Å². The average molecular weight is 246 g/mol. The monoisotopic (exact) mass is 246 g/mol. The molecule has 0 aliphatic carbocycles. The second-order valence-electron chi connectivity index (χ2n) is 3.88. The number of methoxy groups -OCH3 is 1. The molecular weight excluding hydrogens is 224 g/mol. The summed E-state index contributed by atoms with van der Waals surface area (Å²) < 4.78 is 4.96. The van der Waals surface area contributed by atoms with Gasteiger partial charge in [-0.25, -0.2) is 0 Å². The fourth-order valence-corrected chi connectivity index (χ4v) is 2.47. The maximum Gasteiger partial charge on any atom is 0.232 e. The minimum atomic E-state index is 0.283. The summed E-state index contributed by atoms with van der Waals surface area (Å²) >= 11 is 1.71. The predicted octanol–water partition coefficient (Wildman–Crippen LogP) is 0.578. The van der Waals surface area contributed by atoms with Crippen molar-refractivity contribution in [1.29, 1.82) is 0 Å². The lowest BCUT2D eigenvalue weighted by Crippen LogP contribution is -2.35. The number of nitrogens with zero attached hydrogens (tertiary/aromatic N) is 1. The molecule has 0 bridgehead atoms. The fraction of sp³-hybridized carbons (Fsp3) is 0.909. The maximum absolute atomic E-state index is 11.8. The topological polar surface area (TPSA) is 41.6 Å². The first kappa shape index (κ1) is 13.8. The fourth-order valence-electron chi connectivity index (χ4n) is 1.65. The van der Waals surface area contributed by atoms with Gasteiger partial charge in [0.05, 0.1) is 5.75 Å². The van der Waals surface area contributed by atoms with E-state index in [1.165, 1.54) is 0 Å². The van der Waals surface area contributed by atoms with E-state index in [2.05, 4.69) is 5.32 Å². The van der Waals surface area contributed by atoms with Gasteiger partial charge >= 0.3 is 0 Å². The van der Waals surface area contributed by atoms with Crippen molar-refractivity contribution in [3.8, 4) is 0 Å². The highest BCUT2D eigenvalue weighted by Crippen LogP contribution is 2.06. The first-order valence-corrected chi connectivity index (χ1v) is 7.05. The lowest BCUT2D eigenvalue weighted by molar-refractivity contribution is -0.128. The summed E-state index contributed by atoms with van der Waals surface area (Å²) in [6.45, 7) is 4.52. The van der Waals surface area contributed by atoms with E-state index in [4.69, 9.17) is 4.74 Å². The van der Waals surface area contributed by atoms with Crippen LogP contribution in [0, 0.1) is 0 Å². The highest BCUT2D eigenvalue weighted by molar-refractivity contribution is 7.99. The van der Waals surface area contributed by atoms with Gasteiger partial charge < -0.3 is 15.0 Å². The third-order valence-electron chi connectivity index (χ3n) is 2.56. The van der Waals surface area contributed by atoms with Crippen LogP contribution < -0.4 is 5.32 Å². The van der Waals surface area contributed by atoms with Gasteiger partial charge in [-0.3, -0.25) is 4.79 Å². The largest absolute Gasteiger partial charge is 0.385 e. The van der Waals surface area contributed by atoms with Crippen LogP contribution in [0.15, 0.2) is 0 Å².